The van der Waals surface area contributed by atoms with E-state index < -0.39 is 16.6 Å². The van der Waals surface area contributed by atoms with Gasteiger partial charge in [0, 0.05) is 25.6 Å². The molecule has 1 heterocycles. The van der Waals surface area contributed by atoms with E-state index in [1.54, 1.807) is 0 Å². The molecule has 1 amide bonds. The van der Waals surface area contributed by atoms with Gasteiger partial charge >= 0.3 is 5.97 Å². The maximum Gasteiger partial charge on any atom is 0.339 e. The Morgan fingerprint density at radius 3 is 2.71 bits per heavy atom. The number of amides is 1. The van der Waals surface area contributed by atoms with Gasteiger partial charge in [-0.2, -0.15) is 0 Å². The van der Waals surface area contributed by atoms with Crippen molar-refractivity contribution in [2.24, 2.45) is 0 Å². The average molecular weight is 296 g/mol. The Balaban J connectivity index is 2.68. The van der Waals surface area contributed by atoms with Gasteiger partial charge in [0.15, 0.2) is 0 Å². The van der Waals surface area contributed by atoms with Crippen molar-refractivity contribution in [1.29, 1.82) is 0 Å². The number of hydrogen-bond donors (Lipinski definition) is 3. The van der Waals surface area contributed by atoms with Crippen molar-refractivity contribution in [3.05, 3.63) is 27.9 Å². The van der Waals surface area contributed by atoms with Crippen molar-refractivity contribution in [3.63, 3.8) is 0 Å². The van der Waals surface area contributed by atoms with Gasteiger partial charge in [0.1, 0.15) is 17.6 Å². The minimum absolute atomic E-state index is 0.00334. The Morgan fingerprint density at radius 2 is 2.14 bits per heavy atom. The number of carbonyl (C=O) groups excluding carboxylic acids is 1. The number of hydrogen-bond acceptors (Lipinski definition) is 6. The average Bonchev–Trinajstić information content (AvgIpc) is 2.44. The van der Waals surface area contributed by atoms with Crippen LogP contribution in [0.15, 0.2) is 12.3 Å². The summed E-state index contributed by atoms with van der Waals surface area (Å²) < 4.78 is 0. The number of nitro groups is 1. The maximum absolute atomic E-state index is 11.4. The molecular formula is C12H16N4O5. The molecule has 0 bridgehead atoms. The van der Waals surface area contributed by atoms with Crippen molar-refractivity contribution in [2.75, 3.05) is 18.4 Å². The van der Waals surface area contributed by atoms with Gasteiger partial charge in [-0.15, -0.1) is 0 Å². The summed E-state index contributed by atoms with van der Waals surface area (Å²) in [7, 11) is 0. The fraction of sp³-hybridized carbons (Fsp3) is 0.417. The van der Waals surface area contributed by atoms with Gasteiger partial charge in [-0.3, -0.25) is 14.9 Å². The number of carbonyl (C=O) groups is 2. The third-order valence-corrected chi connectivity index (χ3v) is 2.53. The van der Waals surface area contributed by atoms with E-state index in [4.69, 9.17) is 5.11 Å². The Labute approximate surface area is 120 Å². The van der Waals surface area contributed by atoms with Crippen molar-refractivity contribution in [3.8, 4) is 0 Å². The van der Waals surface area contributed by atoms with Gasteiger partial charge in [0.05, 0.1) is 4.92 Å². The maximum atomic E-state index is 11.4. The number of rotatable bonds is 8. The molecule has 0 aliphatic heterocycles. The van der Waals surface area contributed by atoms with Gasteiger partial charge in [-0.05, 0) is 6.42 Å². The molecule has 9 heteroatoms. The summed E-state index contributed by atoms with van der Waals surface area (Å²) in [6, 6.07) is 0.925. The van der Waals surface area contributed by atoms with Crippen molar-refractivity contribution in [1.82, 2.24) is 10.3 Å². The number of carboxylic acids is 1. The first-order valence-corrected chi connectivity index (χ1v) is 6.34. The van der Waals surface area contributed by atoms with Crippen LogP contribution < -0.4 is 10.6 Å². The molecule has 1 aromatic heterocycles. The fourth-order valence-corrected chi connectivity index (χ4v) is 1.50. The summed E-state index contributed by atoms with van der Waals surface area (Å²) in [6.07, 6.45) is 1.94. The molecule has 0 spiro atoms. The molecule has 0 saturated carbocycles. The second-order valence-electron chi connectivity index (χ2n) is 4.18. The molecule has 0 aliphatic rings. The van der Waals surface area contributed by atoms with Gasteiger partial charge in [0.25, 0.3) is 5.69 Å². The first-order valence-electron chi connectivity index (χ1n) is 6.34. The zero-order valence-corrected chi connectivity index (χ0v) is 11.5. The van der Waals surface area contributed by atoms with Crippen LogP contribution in [0.2, 0.25) is 0 Å². The highest BCUT2D eigenvalue weighted by Crippen LogP contribution is 2.19. The first-order chi connectivity index (χ1) is 9.95. The number of nitrogens with one attached hydrogen (secondary N) is 2. The van der Waals surface area contributed by atoms with Crippen molar-refractivity contribution < 1.29 is 19.6 Å². The van der Waals surface area contributed by atoms with Crippen LogP contribution in [0.5, 0.6) is 0 Å². The Bertz CT molecular complexity index is 546. The number of nitrogens with zero attached hydrogens (tertiary/aromatic N) is 2. The second kappa shape index (κ2) is 7.78. The van der Waals surface area contributed by atoms with Crippen LogP contribution >= 0.6 is 0 Å². The summed E-state index contributed by atoms with van der Waals surface area (Å²) >= 11 is 0. The van der Waals surface area contributed by atoms with Crippen LogP contribution in [0.4, 0.5) is 11.5 Å². The smallest absolute Gasteiger partial charge is 0.339 e. The lowest BCUT2D eigenvalue weighted by molar-refractivity contribution is -0.385. The Hall–Kier alpha value is -2.71. The quantitative estimate of drug-likeness (QED) is 0.481. The number of aromatic nitrogens is 1. The number of carboxylic acid groups (broad SMARTS) is 1. The fourth-order valence-electron chi connectivity index (χ4n) is 1.50. The molecule has 0 fully saturated rings. The van der Waals surface area contributed by atoms with E-state index in [0.29, 0.717) is 6.54 Å². The lowest BCUT2D eigenvalue weighted by atomic mass is 10.2. The summed E-state index contributed by atoms with van der Waals surface area (Å²) in [4.78, 5) is 36.0. The minimum Gasteiger partial charge on any atom is -0.478 e. The van der Waals surface area contributed by atoms with E-state index in [2.05, 4.69) is 15.6 Å². The molecule has 114 valence electrons. The topological polar surface area (TPSA) is 134 Å². The molecule has 1 aromatic rings. The lowest BCUT2D eigenvalue weighted by Crippen LogP contribution is -2.26. The molecule has 0 radical (unpaired) electrons. The molecule has 21 heavy (non-hydrogen) atoms. The van der Waals surface area contributed by atoms with E-state index in [0.717, 1.165) is 18.7 Å². The molecule has 9 nitrogen and oxygen atoms in total. The van der Waals surface area contributed by atoms with E-state index in [9.17, 15) is 19.7 Å². The highest BCUT2D eigenvalue weighted by atomic mass is 16.6. The van der Waals surface area contributed by atoms with Crippen LogP contribution in [0.1, 0.15) is 30.1 Å². The van der Waals surface area contributed by atoms with E-state index >= 15 is 0 Å². The predicted molar refractivity (Wildman–Crippen MR) is 74.3 cm³/mol. The van der Waals surface area contributed by atoms with E-state index in [1.165, 1.54) is 0 Å². The predicted octanol–water partition coefficient (Wildman–Crippen LogP) is 1.02. The molecular weight excluding hydrogens is 280 g/mol. The minimum atomic E-state index is -1.33. The largest absolute Gasteiger partial charge is 0.478 e. The van der Waals surface area contributed by atoms with Crippen LogP contribution in [-0.2, 0) is 4.79 Å². The van der Waals surface area contributed by atoms with Crippen LogP contribution in [-0.4, -0.2) is 40.0 Å². The zero-order valence-electron chi connectivity index (χ0n) is 11.5. The number of anilines is 1. The molecule has 0 saturated heterocycles. The van der Waals surface area contributed by atoms with Gasteiger partial charge in [0.2, 0.25) is 5.91 Å². The third kappa shape index (κ3) is 5.05. The molecule has 1 rings (SSSR count). The first kappa shape index (κ1) is 16.3. The molecule has 0 aliphatic carbocycles. The zero-order chi connectivity index (χ0) is 15.8. The van der Waals surface area contributed by atoms with Crippen molar-refractivity contribution >= 4 is 23.4 Å². The molecule has 0 aromatic carbocycles. The SMILES string of the molecule is CCCNC(=O)CCNc1ncc([N+](=O)[O-])cc1C(=O)O. The standard InChI is InChI=1S/C12H16N4O5/c1-2-4-13-10(17)3-5-14-11-9(12(18)19)6-8(7-15-11)16(20)21/h6-7H,2-5H2,1H3,(H,13,17)(H,14,15)(H,18,19). The summed E-state index contributed by atoms with van der Waals surface area (Å²) in [5.41, 5.74) is -0.711. The van der Waals surface area contributed by atoms with Crippen LogP contribution in [0.3, 0.4) is 0 Å². The lowest BCUT2D eigenvalue weighted by Gasteiger charge is -2.08. The number of aromatic carboxylic acids is 1. The Kier molecular flexibility index (Phi) is 6.05. The number of pyridine rings is 1. The highest BCUT2D eigenvalue weighted by Gasteiger charge is 2.17. The highest BCUT2D eigenvalue weighted by molar-refractivity contribution is 5.93. The molecule has 3 N–H and O–H groups in total. The van der Waals surface area contributed by atoms with Crippen LogP contribution in [0.25, 0.3) is 0 Å². The summed E-state index contributed by atoms with van der Waals surface area (Å²) in [5, 5.41) is 25.0. The Morgan fingerprint density at radius 1 is 1.43 bits per heavy atom. The summed E-state index contributed by atoms with van der Waals surface area (Å²) in [6.45, 7) is 2.69. The van der Waals surface area contributed by atoms with Gasteiger partial charge in [-0.25, -0.2) is 9.78 Å². The molecule has 0 atom stereocenters. The van der Waals surface area contributed by atoms with Gasteiger partial charge < -0.3 is 15.7 Å². The van der Waals surface area contributed by atoms with Crippen molar-refractivity contribution in [2.45, 2.75) is 19.8 Å². The summed E-state index contributed by atoms with van der Waals surface area (Å²) in [5.74, 6) is -1.50. The third-order valence-electron chi connectivity index (χ3n) is 2.53. The second-order valence-corrected chi connectivity index (χ2v) is 4.18. The normalized spacial score (nSPS) is 9.95. The van der Waals surface area contributed by atoms with E-state index in [-0.39, 0.29) is 30.3 Å². The van der Waals surface area contributed by atoms with E-state index in [1.807, 2.05) is 6.92 Å². The molecule has 0 unspecified atom stereocenters. The van der Waals surface area contributed by atoms with Crippen LogP contribution in [0, 0.1) is 10.1 Å². The monoisotopic (exact) mass is 296 g/mol. The van der Waals surface area contributed by atoms with Gasteiger partial charge in [-0.1, -0.05) is 6.92 Å².